The number of benzene rings is 6. The molecule has 0 saturated carbocycles. The van der Waals surface area contributed by atoms with Crippen LogP contribution in [0, 0.1) is 0 Å². The summed E-state index contributed by atoms with van der Waals surface area (Å²) in [6.07, 6.45) is 16.0. The van der Waals surface area contributed by atoms with Gasteiger partial charge in [0, 0.05) is 18.3 Å². The first-order chi connectivity index (χ1) is 27.0. The van der Waals surface area contributed by atoms with Gasteiger partial charge in [0.2, 0.25) is 0 Å². The first-order valence-corrected chi connectivity index (χ1v) is 18.6. The Morgan fingerprint density at radius 3 is 2.07 bits per heavy atom. The van der Waals surface area contributed by atoms with Gasteiger partial charge in [0.05, 0.1) is 0 Å². The van der Waals surface area contributed by atoms with Crippen LogP contribution in [0.1, 0.15) is 29.2 Å². The van der Waals surface area contributed by atoms with E-state index in [4.69, 9.17) is 4.74 Å². The van der Waals surface area contributed by atoms with Crippen molar-refractivity contribution in [2.24, 2.45) is 5.73 Å². The minimum atomic E-state index is 0.819. The van der Waals surface area contributed by atoms with Crippen molar-refractivity contribution in [1.29, 1.82) is 0 Å². The Bertz CT molecular complexity index is 2430. The Kier molecular flexibility index (Phi) is 13.1. The van der Waals surface area contributed by atoms with Gasteiger partial charge < -0.3 is 15.8 Å². The Morgan fingerprint density at radius 1 is 0.673 bits per heavy atom. The third-order valence-electron chi connectivity index (χ3n) is 9.52. The van der Waals surface area contributed by atoms with Crippen LogP contribution in [0.15, 0.2) is 224 Å². The fourth-order valence-electron chi connectivity index (χ4n) is 6.53. The Morgan fingerprint density at radius 2 is 1.31 bits per heavy atom. The smallest absolute Gasteiger partial charge is 0.131 e. The summed E-state index contributed by atoms with van der Waals surface area (Å²) in [6, 6.07) is 51.3. The summed E-state index contributed by atoms with van der Waals surface area (Å²) in [5.41, 5.74) is 16.8. The van der Waals surface area contributed by atoms with E-state index in [-0.39, 0.29) is 0 Å². The van der Waals surface area contributed by atoms with Gasteiger partial charge in [0.25, 0.3) is 0 Å². The zero-order valence-corrected chi connectivity index (χ0v) is 31.7. The molecule has 1 aliphatic rings. The Labute approximate surface area is 326 Å². The molecule has 6 aromatic carbocycles. The van der Waals surface area contributed by atoms with Crippen LogP contribution in [0.2, 0.25) is 0 Å². The number of anilines is 1. The fraction of sp³-hybridized carbons (Fsp3) is 0.0769. The lowest BCUT2D eigenvalue weighted by Gasteiger charge is -2.21. The molecule has 272 valence electrons. The second-order valence-electron chi connectivity index (χ2n) is 13.2. The van der Waals surface area contributed by atoms with Crippen LogP contribution in [0.5, 0.6) is 5.75 Å². The molecule has 0 spiro atoms. The standard InChI is InChI=1S/C51H43NO.CH5N/c1-37(38(2)27-29-42-32-48-34-43-21-10-11-22-46(43)36-51(48)53-39(42)3)16-12-13-31-52-49-26-15-24-45(35-49)44-23-14-25-47(33-44)50(41-19-8-5-9-20-41)30-28-40-17-6-4-7-18-40;1-2/h4-27,29-31,33-36,52H,1-2,28,32H2,3H3;2H2,1H3/b16-12-,29-27-,31-13-,50-30-;. The Hall–Kier alpha value is -6.68. The third-order valence-corrected chi connectivity index (χ3v) is 9.52. The van der Waals surface area contributed by atoms with Crippen molar-refractivity contribution in [2.75, 3.05) is 12.4 Å². The highest BCUT2D eigenvalue weighted by atomic mass is 16.5. The average Bonchev–Trinajstić information content (AvgIpc) is 3.23. The summed E-state index contributed by atoms with van der Waals surface area (Å²) in [4.78, 5) is 0. The zero-order chi connectivity index (χ0) is 38.4. The van der Waals surface area contributed by atoms with Gasteiger partial charge in [-0.2, -0.15) is 0 Å². The summed E-state index contributed by atoms with van der Waals surface area (Å²) in [6.45, 7) is 10.5. The van der Waals surface area contributed by atoms with Gasteiger partial charge >= 0.3 is 0 Å². The molecule has 3 N–H and O–H groups in total. The highest BCUT2D eigenvalue weighted by Gasteiger charge is 2.16. The molecule has 0 unspecified atom stereocenters. The van der Waals surface area contributed by atoms with Gasteiger partial charge in [-0.15, -0.1) is 0 Å². The fourth-order valence-corrected chi connectivity index (χ4v) is 6.53. The molecule has 6 aromatic rings. The second kappa shape index (κ2) is 18.9. The summed E-state index contributed by atoms with van der Waals surface area (Å²) in [7, 11) is 1.50. The molecule has 55 heavy (non-hydrogen) atoms. The summed E-state index contributed by atoms with van der Waals surface area (Å²) >= 11 is 0. The Balaban J connectivity index is 0.00000253. The van der Waals surface area contributed by atoms with Crippen molar-refractivity contribution in [1.82, 2.24) is 0 Å². The van der Waals surface area contributed by atoms with E-state index in [0.29, 0.717) is 0 Å². The van der Waals surface area contributed by atoms with Crippen LogP contribution < -0.4 is 15.8 Å². The van der Waals surface area contributed by atoms with Gasteiger partial charge in [-0.25, -0.2) is 0 Å². The lowest BCUT2D eigenvalue weighted by molar-refractivity contribution is 0.407. The van der Waals surface area contributed by atoms with Gasteiger partial charge in [-0.3, -0.25) is 0 Å². The van der Waals surface area contributed by atoms with E-state index in [9.17, 15) is 0 Å². The van der Waals surface area contributed by atoms with Crippen LogP contribution in [0.3, 0.4) is 0 Å². The van der Waals surface area contributed by atoms with Crippen molar-refractivity contribution < 1.29 is 4.74 Å². The molecule has 1 aliphatic heterocycles. The second-order valence-corrected chi connectivity index (χ2v) is 13.2. The number of allylic oxidation sites excluding steroid dienone is 10. The highest BCUT2D eigenvalue weighted by molar-refractivity contribution is 5.85. The van der Waals surface area contributed by atoms with E-state index < -0.39 is 0 Å². The number of nitrogens with one attached hydrogen (secondary N) is 1. The van der Waals surface area contributed by atoms with Crippen LogP contribution in [-0.4, -0.2) is 7.05 Å². The number of rotatable bonds is 12. The maximum Gasteiger partial charge on any atom is 0.131 e. The molecule has 0 radical (unpaired) electrons. The molecule has 1 heterocycles. The molecule has 0 aromatic heterocycles. The maximum atomic E-state index is 6.20. The van der Waals surface area contributed by atoms with Crippen molar-refractivity contribution in [3.05, 3.63) is 246 Å². The predicted molar refractivity (Wildman–Crippen MR) is 236 cm³/mol. The molecule has 3 heteroatoms. The van der Waals surface area contributed by atoms with E-state index in [0.717, 1.165) is 52.3 Å². The molecule has 3 nitrogen and oxygen atoms in total. The van der Waals surface area contributed by atoms with Crippen LogP contribution in [0.25, 0.3) is 27.5 Å². The summed E-state index contributed by atoms with van der Waals surface area (Å²) in [5, 5.41) is 5.84. The number of hydrogen-bond donors (Lipinski definition) is 2. The first-order valence-electron chi connectivity index (χ1n) is 18.6. The van der Waals surface area contributed by atoms with Crippen LogP contribution in [0.4, 0.5) is 5.69 Å². The van der Waals surface area contributed by atoms with Crippen molar-refractivity contribution in [3.63, 3.8) is 0 Å². The third kappa shape index (κ3) is 10.1. The summed E-state index contributed by atoms with van der Waals surface area (Å²) < 4.78 is 6.20. The molecule has 0 saturated heterocycles. The van der Waals surface area contributed by atoms with Gasteiger partial charge in [0.15, 0.2) is 0 Å². The van der Waals surface area contributed by atoms with Crippen LogP contribution >= 0.6 is 0 Å². The molecule has 0 aliphatic carbocycles. The normalized spacial score (nSPS) is 12.7. The molecule has 7 rings (SSSR count). The van der Waals surface area contributed by atoms with Crippen molar-refractivity contribution >= 4 is 22.0 Å². The number of nitrogens with two attached hydrogens (primary N) is 1. The number of ether oxygens (including phenoxy) is 1. The molecule has 0 atom stereocenters. The number of fused-ring (bicyclic) bond motifs is 2. The lowest BCUT2D eigenvalue weighted by atomic mass is 9.93. The SMILES string of the molecule is C=C(/C=C\C=C/Nc1cccc(-c2cccc(/C(=C\Cc3ccccc3)c3ccccc3)c2)c1)C(=C)/C=C\C1=C(C)Oc2cc3ccccc3cc2C1.CN. The van der Waals surface area contributed by atoms with Gasteiger partial charge in [-0.1, -0.05) is 159 Å². The van der Waals surface area contributed by atoms with Gasteiger partial charge in [-0.05, 0) is 123 Å². The molecular weight excluding hydrogens is 669 g/mol. The first kappa shape index (κ1) is 38.1. The van der Waals surface area contributed by atoms with E-state index in [1.807, 2.05) is 37.4 Å². The maximum absolute atomic E-state index is 6.20. The van der Waals surface area contributed by atoms with Gasteiger partial charge in [0.1, 0.15) is 11.5 Å². The minimum absolute atomic E-state index is 0.819. The molecule has 0 bridgehead atoms. The topological polar surface area (TPSA) is 47.3 Å². The monoisotopic (exact) mass is 716 g/mol. The van der Waals surface area contributed by atoms with Crippen molar-refractivity contribution in [3.8, 4) is 16.9 Å². The van der Waals surface area contributed by atoms with E-state index in [1.165, 1.54) is 51.2 Å². The molecular formula is C52H48N2O. The largest absolute Gasteiger partial charge is 0.461 e. The quantitative estimate of drug-likeness (QED) is 0.124. The molecule has 0 fully saturated rings. The van der Waals surface area contributed by atoms with E-state index >= 15 is 0 Å². The summed E-state index contributed by atoms with van der Waals surface area (Å²) in [5.74, 6) is 1.85. The van der Waals surface area contributed by atoms with E-state index in [1.54, 1.807) is 0 Å². The lowest BCUT2D eigenvalue weighted by Crippen LogP contribution is -2.07. The predicted octanol–water partition coefficient (Wildman–Crippen LogP) is 12.8. The number of hydrogen-bond acceptors (Lipinski definition) is 3. The zero-order valence-electron chi connectivity index (χ0n) is 31.7. The van der Waals surface area contributed by atoms with Crippen molar-refractivity contribution in [2.45, 2.75) is 19.8 Å². The minimum Gasteiger partial charge on any atom is -0.461 e. The highest BCUT2D eigenvalue weighted by Crippen LogP contribution is 2.35. The van der Waals surface area contributed by atoms with Crippen LogP contribution in [-0.2, 0) is 12.8 Å². The van der Waals surface area contributed by atoms with E-state index in [2.05, 4.69) is 182 Å². The average molecular weight is 717 g/mol. The molecule has 0 amide bonds.